The van der Waals surface area contributed by atoms with Gasteiger partial charge in [-0.05, 0) is 54.4 Å². The fourth-order valence-corrected chi connectivity index (χ4v) is 7.91. The summed E-state index contributed by atoms with van der Waals surface area (Å²) in [7, 11) is -3.68. The van der Waals surface area contributed by atoms with Crippen molar-refractivity contribution in [2.24, 2.45) is 0 Å². The van der Waals surface area contributed by atoms with Crippen molar-refractivity contribution in [1.29, 1.82) is 0 Å². The number of sulfonamides is 1. The fraction of sp³-hybridized carbons (Fsp3) is 0.286. The van der Waals surface area contributed by atoms with Crippen molar-refractivity contribution in [2.75, 3.05) is 55.0 Å². The van der Waals surface area contributed by atoms with Crippen molar-refractivity contribution in [3.05, 3.63) is 82.9 Å². The minimum atomic E-state index is -3.68. The van der Waals surface area contributed by atoms with Gasteiger partial charge in [0.25, 0.3) is 15.9 Å². The number of hydrogen-bond donors (Lipinski definition) is 1. The third-order valence-corrected chi connectivity index (χ3v) is 10.5. The van der Waals surface area contributed by atoms with Crippen LogP contribution in [0.25, 0.3) is 10.2 Å². The van der Waals surface area contributed by atoms with Crippen LogP contribution < -0.4 is 14.5 Å². The van der Waals surface area contributed by atoms with Crippen molar-refractivity contribution < 1.29 is 13.2 Å². The zero-order chi connectivity index (χ0) is 27.0. The molecule has 1 fully saturated rings. The van der Waals surface area contributed by atoms with Crippen LogP contribution in [-0.4, -0.2) is 70.0 Å². The number of nitrogens with one attached hydrogen (secondary N) is 1. The lowest BCUT2D eigenvalue weighted by molar-refractivity contribution is 0.0947. The lowest BCUT2D eigenvalue weighted by Gasteiger charge is -2.34. The SMILES string of the molecule is O=C(NCCN1CCN(c2nc3c(Cl)cccc3s2)CC1)c1ccc(S(=O)(=O)N2CCc3ccccc32)cc1. The van der Waals surface area contributed by atoms with E-state index in [4.69, 9.17) is 16.6 Å². The molecule has 6 rings (SSSR count). The molecule has 0 radical (unpaired) electrons. The molecule has 1 N–H and O–H groups in total. The van der Waals surface area contributed by atoms with Gasteiger partial charge >= 0.3 is 0 Å². The first-order valence-electron chi connectivity index (χ1n) is 12.9. The number of para-hydroxylation sites is 2. The Morgan fingerprint density at radius 3 is 2.49 bits per heavy atom. The summed E-state index contributed by atoms with van der Waals surface area (Å²) in [6.07, 6.45) is 0.696. The molecule has 0 aliphatic carbocycles. The van der Waals surface area contributed by atoms with Crippen LogP contribution in [0.2, 0.25) is 5.02 Å². The standard InChI is InChI=1S/C28H28ClN5O3S2/c29-23-5-3-7-25-26(23)31-28(38-25)33-18-16-32(17-19-33)15-13-30-27(35)21-8-10-22(11-9-21)39(36,37)34-14-12-20-4-1-2-6-24(20)34/h1-11H,12-19H2,(H,30,35). The number of thiazole rings is 1. The number of hydrogen-bond acceptors (Lipinski definition) is 7. The highest BCUT2D eigenvalue weighted by atomic mass is 35.5. The average molecular weight is 582 g/mol. The van der Waals surface area contributed by atoms with Crippen LogP contribution in [0.5, 0.6) is 0 Å². The monoisotopic (exact) mass is 581 g/mol. The van der Waals surface area contributed by atoms with Gasteiger partial charge in [0.05, 0.1) is 20.3 Å². The van der Waals surface area contributed by atoms with Crippen molar-refractivity contribution in [3.8, 4) is 0 Å². The Bertz CT molecular complexity index is 1620. The Morgan fingerprint density at radius 1 is 0.949 bits per heavy atom. The topological polar surface area (TPSA) is 85.9 Å². The number of fused-ring (bicyclic) bond motifs is 2. The van der Waals surface area contributed by atoms with Crippen molar-refractivity contribution >= 4 is 59.9 Å². The summed E-state index contributed by atoms with van der Waals surface area (Å²) < 4.78 is 29.0. The van der Waals surface area contributed by atoms with Gasteiger partial charge in [0.1, 0.15) is 5.52 Å². The first-order valence-corrected chi connectivity index (χ1v) is 15.5. The van der Waals surface area contributed by atoms with E-state index >= 15 is 0 Å². The number of halogens is 1. The van der Waals surface area contributed by atoms with E-state index in [0.717, 1.165) is 59.3 Å². The molecule has 202 valence electrons. The highest BCUT2D eigenvalue weighted by Crippen LogP contribution is 2.34. The Labute approximate surface area is 236 Å². The van der Waals surface area contributed by atoms with Gasteiger partial charge in [-0.1, -0.05) is 47.2 Å². The van der Waals surface area contributed by atoms with Crippen LogP contribution in [0.3, 0.4) is 0 Å². The van der Waals surface area contributed by atoms with E-state index in [2.05, 4.69) is 15.1 Å². The lowest BCUT2D eigenvalue weighted by Crippen LogP contribution is -2.48. The summed E-state index contributed by atoms with van der Waals surface area (Å²) in [5, 5.41) is 4.63. The predicted molar refractivity (Wildman–Crippen MR) is 157 cm³/mol. The van der Waals surface area contributed by atoms with Crippen LogP contribution in [-0.2, 0) is 16.4 Å². The number of anilines is 2. The molecule has 11 heteroatoms. The second-order valence-corrected chi connectivity index (χ2v) is 12.9. The van der Waals surface area contributed by atoms with Gasteiger partial charge in [0, 0.05) is 51.4 Å². The third-order valence-electron chi connectivity index (χ3n) is 7.26. The van der Waals surface area contributed by atoms with Crippen molar-refractivity contribution in [2.45, 2.75) is 11.3 Å². The van der Waals surface area contributed by atoms with Gasteiger partial charge in [-0.15, -0.1) is 0 Å². The quantitative estimate of drug-likeness (QED) is 0.351. The molecule has 1 aromatic heterocycles. The average Bonchev–Trinajstić information content (AvgIpc) is 3.59. The molecular formula is C28H28ClN5O3S2. The second-order valence-electron chi connectivity index (χ2n) is 9.65. The number of amides is 1. The normalized spacial score (nSPS) is 16.0. The molecule has 2 aliphatic heterocycles. The molecule has 3 heterocycles. The summed E-state index contributed by atoms with van der Waals surface area (Å²) in [5.41, 5.74) is 3.05. The lowest BCUT2D eigenvalue weighted by atomic mass is 10.2. The molecule has 1 saturated heterocycles. The van der Waals surface area contributed by atoms with Gasteiger partial charge in [-0.25, -0.2) is 13.4 Å². The zero-order valence-electron chi connectivity index (χ0n) is 21.2. The smallest absolute Gasteiger partial charge is 0.264 e. The first-order chi connectivity index (χ1) is 18.9. The minimum absolute atomic E-state index is 0.184. The van der Waals surface area contributed by atoms with Crippen LogP contribution in [0, 0.1) is 0 Å². The van der Waals surface area contributed by atoms with E-state index in [1.807, 2.05) is 42.5 Å². The largest absolute Gasteiger partial charge is 0.351 e. The summed E-state index contributed by atoms with van der Waals surface area (Å²) in [6, 6.07) is 19.6. The Balaban J connectivity index is 0.994. The molecule has 0 unspecified atom stereocenters. The van der Waals surface area contributed by atoms with Crippen molar-refractivity contribution in [1.82, 2.24) is 15.2 Å². The van der Waals surface area contributed by atoms with E-state index in [1.165, 1.54) is 16.4 Å². The van der Waals surface area contributed by atoms with E-state index < -0.39 is 10.0 Å². The predicted octanol–water partition coefficient (Wildman–Crippen LogP) is 4.25. The number of benzene rings is 3. The summed E-state index contributed by atoms with van der Waals surface area (Å²) in [6.45, 7) is 5.17. The van der Waals surface area contributed by atoms with Crippen LogP contribution in [0.4, 0.5) is 10.8 Å². The Morgan fingerprint density at radius 2 is 1.72 bits per heavy atom. The third kappa shape index (κ3) is 5.21. The highest BCUT2D eigenvalue weighted by molar-refractivity contribution is 7.92. The molecule has 2 aliphatic rings. The molecule has 0 saturated carbocycles. The molecule has 39 heavy (non-hydrogen) atoms. The summed E-state index contributed by atoms with van der Waals surface area (Å²) in [4.78, 5) is 22.2. The number of piperazine rings is 1. The molecule has 1 amide bonds. The maximum Gasteiger partial charge on any atom is 0.264 e. The van der Waals surface area contributed by atoms with Crippen LogP contribution in [0.1, 0.15) is 15.9 Å². The van der Waals surface area contributed by atoms with Gasteiger partial charge < -0.3 is 10.2 Å². The zero-order valence-corrected chi connectivity index (χ0v) is 23.6. The molecule has 0 bridgehead atoms. The molecular weight excluding hydrogens is 554 g/mol. The molecule has 3 aromatic carbocycles. The molecule has 4 aromatic rings. The Hall–Kier alpha value is -3.18. The Kier molecular flexibility index (Phi) is 7.20. The highest BCUT2D eigenvalue weighted by Gasteiger charge is 2.30. The number of carbonyl (C=O) groups is 1. The first kappa shape index (κ1) is 26.1. The number of aromatic nitrogens is 1. The maximum atomic E-state index is 13.2. The number of carbonyl (C=O) groups excluding carboxylic acids is 1. The number of nitrogens with zero attached hydrogens (tertiary/aromatic N) is 4. The van der Waals surface area contributed by atoms with E-state index in [-0.39, 0.29) is 10.8 Å². The summed E-state index contributed by atoms with van der Waals surface area (Å²) >= 11 is 7.94. The molecule has 8 nitrogen and oxygen atoms in total. The van der Waals surface area contributed by atoms with Crippen LogP contribution >= 0.6 is 22.9 Å². The van der Waals surface area contributed by atoms with Gasteiger partial charge in [0.15, 0.2) is 5.13 Å². The molecule has 0 atom stereocenters. The maximum absolute atomic E-state index is 13.2. The van der Waals surface area contributed by atoms with Crippen LogP contribution in [0.15, 0.2) is 71.6 Å². The fourth-order valence-electron chi connectivity index (χ4n) is 5.09. The second kappa shape index (κ2) is 10.8. The minimum Gasteiger partial charge on any atom is -0.351 e. The van der Waals surface area contributed by atoms with Gasteiger partial charge in [-0.2, -0.15) is 0 Å². The van der Waals surface area contributed by atoms with E-state index in [9.17, 15) is 13.2 Å². The van der Waals surface area contributed by atoms with Gasteiger partial charge in [-0.3, -0.25) is 14.0 Å². The summed E-state index contributed by atoms with van der Waals surface area (Å²) in [5.74, 6) is -0.213. The van der Waals surface area contributed by atoms with E-state index in [1.54, 1.807) is 23.5 Å². The van der Waals surface area contributed by atoms with Crippen molar-refractivity contribution in [3.63, 3.8) is 0 Å². The number of rotatable bonds is 7. The van der Waals surface area contributed by atoms with E-state index in [0.29, 0.717) is 30.1 Å². The van der Waals surface area contributed by atoms with Gasteiger partial charge in [0.2, 0.25) is 0 Å². The molecule has 0 spiro atoms.